The summed E-state index contributed by atoms with van der Waals surface area (Å²) < 4.78 is 4.89. The number of hydrogen-bond acceptors (Lipinski definition) is 4. The van der Waals surface area contributed by atoms with E-state index in [1.807, 2.05) is 12.1 Å². The van der Waals surface area contributed by atoms with Gasteiger partial charge in [0.25, 0.3) is 0 Å². The fourth-order valence-corrected chi connectivity index (χ4v) is 0.948. The molecule has 0 aromatic carbocycles. The fourth-order valence-electron chi connectivity index (χ4n) is 0.948. The minimum absolute atomic E-state index is 0.261. The Balaban J connectivity index is 2.74. The lowest BCUT2D eigenvalue weighted by molar-refractivity contribution is 0.397. The summed E-state index contributed by atoms with van der Waals surface area (Å²) in [5, 5.41) is 8.42. The highest BCUT2D eigenvalue weighted by atomic mass is 16.5. The monoisotopic (exact) mass is 177 g/mol. The summed E-state index contributed by atoms with van der Waals surface area (Å²) in [5.41, 5.74) is 6.54. The molecule has 0 unspecified atom stereocenters. The molecule has 0 saturated carbocycles. The predicted molar refractivity (Wildman–Crippen MR) is 47.9 cm³/mol. The Bertz CT molecular complexity index is 302. The van der Waals surface area contributed by atoms with E-state index in [-0.39, 0.29) is 6.04 Å². The zero-order chi connectivity index (χ0) is 9.68. The van der Waals surface area contributed by atoms with Crippen LogP contribution in [0.2, 0.25) is 0 Å². The van der Waals surface area contributed by atoms with Gasteiger partial charge in [0, 0.05) is 18.3 Å². The molecule has 0 aliphatic carbocycles. The van der Waals surface area contributed by atoms with Gasteiger partial charge >= 0.3 is 0 Å². The number of nitrogens with zero attached hydrogens (tertiary/aromatic N) is 2. The van der Waals surface area contributed by atoms with Crippen molar-refractivity contribution in [3.63, 3.8) is 0 Å². The standard InChI is InChI=1S/C9H11N3O/c1-13-9-3-2-7(6-12-9)8(11)4-5-10/h2-3,6,8H,4,11H2,1H3/t8-/m1/s1. The van der Waals surface area contributed by atoms with Gasteiger partial charge in [-0.15, -0.1) is 0 Å². The molecule has 2 N–H and O–H groups in total. The molecule has 0 radical (unpaired) electrons. The highest BCUT2D eigenvalue weighted by Gasteiger charge is 2.05. The van der Waals surface area contributed by atoms with E-state index in [4.69, 9.17) is 15.7 Å². The maximum atomic E-state index is 8.42. The Morgan fingerprint density at radius 3 is 2.92 bits per heavy atom. The first kappa shape index (κ1) is 9.49. The smallest absolute Gasteiger partial charge is 0.212 e. The second kappa shape index (κ2) is 4.43. The van der Waals surface area contributed by atoms with Crippen LogP contribution >= 0.6 is 0 Å². The van der Waals surface area contributed by atoms with Crippen molar-refractivity contribution in [1.29, 1.82) is 5.26 Å². The molecule has 0 aliphatic rings. The van der Waals surface area contributed by atoms with Crippen molar-refractivity contribution < 1.29 is 4.74 Å². The van der Waals surface area contributed by atoms with Crippen molar-refractivity contribution in [3.05, 3.63) is 23.9 Å². The Morgan fingerprint density at radius 2 is 2.46 bits per heavy atom. The minimum Gasteiger partial charge on any atom is -0.481 e. The molecule has 68 valence electrons. The molecule has 1 aromatic rings. The number of rotatable bonds is 3. The summed E-state index contributed by atoms with van der Waals surface area (Å²) in [5.74, 6) is 0.549. The summed E-state index contributed by atoms with van der Waals surface area (Å²) in [7, 11) is 1.55. The highest BCUT2D eigenvalue weighted by molar-refractivity contribution is 5.21. The molecule has 0 fully saturated rings. The number of hydrogen-bond donors (Lipinski definition) is 1. The van der Waals surface area contributed by atoms with Crippen LogP contribution in [-0.2, 0) is 0 Å². The molecule has 0 spiro atoms. The van der Waals surface area contributed by atoms with Crippen LogP contribution in [0.25, 0.3) is 0 Å². The number of aromatic nitrogens is 1. The van der Waals surface area contributed by atoms with Crippen molar-refractivity contribution in [3.8, 4) is 11.9 Å². The molecule has 0 aliphatic heterocycles. The van der Waals surface area contributed by atoms with Crippen molar-refractivity contribution >= 4 is 0 Å². The van der Waals surface area contributed by atoms with E-state index in [0.29, 0.717) is 12.3 Å². The molecule has 1 heterocycles. The number of methoxy groups -OCH3 is 1. The number of ether oxygens (including phenoxy) is 1. The van der Waals surface area contributed by atoms with Gasteiger partial charge in [0.15, 0.2) is 0 Å². The molecule has 4 heteroatoms. The molecular weight excluding hydrogens is 166 g/mol. The summed E-state index contributed by atoms with van der Waals surface area (Å²) in [6, 6.07) is 5.29. The van der Waals surface area contributed by atoms with Crippen LogP contribution in [0.5, 0.6) is 5.88 Å². The first-order valence-corrected chi connectivity index (χ1v) is 3.90. The molecule has 1 rings (SSSR count). The second-order valence-electron chi connectivity index (χ2n) is 2.60. The molecule has 0 saturated heterocycles. The average Bonchev–Trinajstić information content (AvgIpc) is 2.18. The van der Waals surface area contributed by atoms with Crippen LogP contribution in [0.1, 0.15) is 18.0 Å². The van der Waals surface area contributed by atoms with E-state index >= 15 is 0 Å². The van der Waals surface area contributed by atoms with Crippen molar-refractivity contribution in [2.24, 2.45) is 5.73 Å². The molecule has 13 heavy (non-hydrogen) atoms. The zero-order valence-electron chi connectivity index (χ0n) is 7.40. The van der Waals surface area contributed by atoms with Crippen LogP contribution in [0.3, 0.4) is 0 Å². The van der Waals surface area contributed by atoms with Crippen LogP contribution in [0.15, 0.2) is 18.3 Å². The maximum absolute atomic E-state index is 8.42. The SMILES string of the molecule is COc1ccc([C@H](N)CC#N)cn1. The summed E-state index contributed by atoms with van der Waals surface area (Å²) >= 11 is 0. The lowest BCUT2D eigenvalue weighted by atomic mass is 10.1. The van der Waals surface area contributed by atoms with Crippen LogP contribution < -0.4 is 10.5 Å². The largest absolute Gasteiger partial charge is 0.481 e. The molecule has 0 bridgehead atoms. The first-order valence-electron chi connectivity index (χ1n) is 3.90. The van der Waals surface area contributed by atoms with Gasteiger partial charge in [0.2, 0.25) is 5.88 Å². The maximum Gasteiger partial charge on any atom is 0.212 e. The summed E-state index contributed by atoms with van der Waals surface area (Å²) in [6.07, 6.45) is 1.93. The number of nitrogens with two attached hydrogens (primary N) is 1. The Morgan fingerprint density at radius 1 is 1.69 bits per heavy atom. The van der Waals surface area contributed by atoms with E-state index in [2.05, 4.69) is 4.98 Å². The number of nitriles is 1. The molecule has 0 amide bonds. The Kier molecular flexibility index (Phi) is 3.23. The Labute approximate surface area is 77.0 Å². The van der Waals surface area contributed by atoms with Gasteiger partial charge in [0.05, 0.1) is 19.6 Å². The van der Waals surface area contributed by atoms with Gasteiger partial charge in [0.1, 0.15) is 0 Å². The normalized spacial score (nSPS) is 11.8. The fraction of sp³-hybridized carbons (Fsp3) is 0.333. The van der Waals surface area contributed by atoms with Gasteiger partial charge in [-0.1, -0.05) is 6.07 Å². The third-order valence-corrected chi connectivity index (χ3v) is 1.71. The molecular formula is C9H11N3O. The lowest BCUT2D eigenvalue weighted by Crippen LogP contribution is -2.09. The van der Waals surface area contributed by atoms with Crippen molar-refractivity contribution in [1.82, 2.24) is 4.98 Å². The first-order chi connectivity index (χ1) is 6.27. The van der Waals surface area contributed by atoms with Gasteiger partial charge in [-0.2, -0.15) is 5.26 Å². The molecule has 1 aromatic heterocycles. The van der Waals surface area contributed by atoms with E-state index in [1.165, 1.54) is 0 Å². The van der Waals surface area contributed by atoms with Gasteiger partial charge < -0.3 is 10.5 Å². The van der Waals surface area contributed by atoms with Crippen LogP contribution in [-0.4, -0.2) is 12.1 Å². The second-order valence-corrected chi connectivity index (χ2v) is 2.60. The number of pyridine rings is 1. The predicted octanol–water partition coefficient (Wildman–Crippen LogP) is 1.00. The van der Waals surface area contributed by atoms with E-state index in [1.54, 1.807) is 19.4 Å². The van der Waals surface area contributed by atoms with Crippen LogP contribution in [0, 0.1) is 11.3 Å². The van der Waals surface area contributed by atoms with E-state index in [9.17, 15) is 0 Å². The van der Waals surface area contributed by atoms with Crippen molar-refractivity contribution in [2.75, 3.05) is 7.11 Å². The molecule has 1 atom stereocenters. The van der Waals surface area contributed by atoms with Gasteiger partial charge in [-0.3, -0.25) is 0 Å². The highest BCUT2D eigenvalue weighted by Crippen LogP contribution is 2.14. The van der Waals surface area contributed by atoms with Crippen LogP contribution in [0.4, 0.5) is 0 Å². The zero-order valence-corrected chi connectivity index (χ0v) is 7.40. The topological polar surface area (TPSA) is 71.9 Å². The third-order valence-electron chi connectivity index (χ3n) is 1.71. The summed E-state index contributed by atoms with van der Waals surface area (Å²) in [4.78, 5) is 3.99. The summed E-state index contributed by atoms with van der Waals surface area (Å²) in [6.45, 7) is 0. The lowest BCUT2D eigenvalue weighted by Gasteiger charge is -2.07. The van der Waals surface area contributed by atoms with Crippen molar-refractivity contribution in [2.45, 2.75) is 12.5 Å². The van der Waals surface area contributed by atoms with Gasteiger partial charge in [-0.25, -0.2) is 4.98 Å². The quantitative estimate of drug-likeness (QED) is 0.747. The van der Waals surface area contributed by atoms with E-state index in [0.717, 1.165) is 5.56 Å². The third kappa shape index (κ3) is 2.42. The minimum atomic E-state index is -0.261. The van der Waals surface area contributed by atoms with Gasteiger partial charge in [-0.05, 0) is 5.56 Å². The average molecular weight is 177 g/mol. The Hall–Kier alpha value is -1.60. The van der Waals surface area contributed by atoms with E-state index < -0.39 is 0 Å². The molecule has 4 nitrogen and oxygen atoms in total.